The molecule has 2 aromatic rings. The van der Waals surface area contributed by atoms with Gasteiger partial charge in [-0.05, 0) is 43.4 Å². The number of nitrogens with zero attached hydrogens (tertiary/aromatic N) is 3. The summed E-state index contributed by atoms with van der Waals surface area (Å²) in [5.41, 5.74) is 3.86. The number of aromatic nitrogens is 2. The second kappa shape index (κ2) is 10.1. The summed E-state index contributed by atoms with van der Waals surface area (Å²) in [6.45, 7) is 12.5. The number of ether oxygens (including phenoxy) is 1. The molecule has 0 radical (unpaired) electrons. The summed E-state index contributed by atoms with van der Waals surface area (Å²) in [5, 5.41) is 3.42. The summed E-state index contributed by atoms with van der Waals surface area (Å²) < 4.78 is 5.63. The Labute approximate surface area is 198 Å². The monoisotopic (exact) mass is 616 g/mol. The van der Waals surface area contributed by atoms with Crippen molar-refractivity contribution in [1.29, 1.82) is 0 Å². The molecule has 0 spiro atoms. The first-order valence-electron chi connectivity index (χ1n) is 10.4. The smallest absolute Gasteiger partial charge is 0.408 e. The molecule has 1 saturated heterocycles. The topological polar surface area (TPSA) is 50.3 Å². The van der Waals surface area contributed by atoms with Crippen LogP contribution in [0.2, 0.25) is 0 Å². The molecule has 1 aromatic heterocycles. The minimum absolute atomic E-state index is 0. The number of morpholine rings is 1. The van der Waals surface area contributed by atoms with Crippen LogP contribution in [0.25, 0.3) is 0 Å². The Bertz CT molecular complexity index is 805. The molecule has 0 amide bonds. The van der Waals surface area contributed by atoms with Gasteiger partial charge < -0.3 is 19.9 Å². The minimum atomic E-state index is 0. The van der Waals surface area contributed by atoms with Gasteiger partial charge in [-0.15, -0.1) is 0 Å². The van der Waals surface area contributed by atoms with Crippen LogP contribution >= 0.6 is 0 Å². The summed E-state index contributed by atoms with van der Waals surface area (Å²) >= 11 is 0. The van der Waals surface area contributed by atoms with Crippen molar-refractivity contribution in [3.05, 3.63) is 54.9 Å². The molecular weight excluding hydrogens is 586 g/mol. The predicted octanol–water partition coefficient (Wildman–Crippen LogP) is 4.86. The van der Waals surface area contributed by atoms with Gasteiger partial charge in [-0.2, -0.15) is 0 Å². The van der Waals surface area contributed by atoms with E-state index in [1.807, 2.05) is 0 Å². The normalized spacial score (nSPS) is 20.2. The van der Waals surface area contributed by atoms with Crippen molar-refractivity contribution in [2.24, 2.45) is 0 Å². The Hall–Kier alpha value is -1.35. The third-order valence-electron chi connectivity index (χ3n) is 5.85. The first kappa shape index (κ1) is 22.3. The first-order chi connectivity index (χ1) is 13.6. The van der Waals surface area contributed by atoms with Crippen LogP contribution in [0.5, 0.6) is 0 Å². The van der Waals surface area contributed by atoms with Gasteiger partial charge in [-0.3, -0.25) is 24.4 Å². The molecule has 1 unspecified atom stereocenters. The second-order valence-electron chi connectivity index (χ2n) is 8.01. The van der Waals surface area contributed by atoms with Crippen molar-refractivity contribution in [3.8, 4) is 0 Å². The third kappa shape index (κ3) is 5.42. The number of benzene rings is 1. The Morgan fingerprint density at radius 1 is 1.07 bits per heavy atom. The number of rotatable bonds is 4. The second-order valence-corrected chi connectivity index (χ2v) is 8.01. The van der Waals surface area contributed by atoms with Crippen LogP contribution in [0.3, 0.4) is 0 Å². The molecule has 1 aliphatic carbocycles. The molecule has 152 valence electrons. The van der Waals surface area contributed by atoms with E-state index in [1.165, 1.54) is 37.7 Å². The maximum atomic E-state index is 5.63. The van der Waals surface area contributed by atoms with E-state index < -0.39 is 0 Å². The quantitative estimate of drug-likeness (QED) is 0.498. The molecule has 0 bridgehead atoms. The summed E-state index contributed by atoms with van der Waals surface area (Å²) in [7, 11) is 0. The minimum Gasteiger partial charge on any atom is -0.408 e. The van der Waals surface area contributed by atoms with Crippen LogP contribution in [0, 0.1) is 45.0 Å². The van der Waals surface area contributed by atoms with E-state index in [-0.39, 0.29) is 37.2 Å². The molecule has 6 heteroatoms. The molecule has 1 saturated carbocycles. The zero-order valence-corrected chi connectivity index (χ0v) is 21.4. The zero-order chi connectivity index (χ0) is 19.5. The molecule has 2 fully saturated rings. The largest absolute Gasteiger partial charge is 2.00 e. The first-order valence-corrected chi connectivity index (χ1v) is 10.4. The SMILES string of the molecule is [CH2-]c1nc(N2CCOC(C)C2)nc(Nc2ccc(C3CCCCC3)cc2)c1[CH2-].[U+2]. The number of anilines is 3. The van der Waals surface area contributed by atoms with E-state index >= 15 is 0 Å². The van der Waals surface area contributed by atoms with E-state index in [4.69, 9.17) is 9.72 Å². The van der Waals surface area contributed by atoms with Gasteiger partial charge in [0.2, 0.25) is 0 Å². The van der Waals surface area contributed by atoms with E-state index in [0.717, 1.165) is 30.2 Å². The Morgan fingerprint density at radius 2 is 1.79 bits per heavy atom. The van der Waals surface area contributed by atoms with E-state index in [9.17, 15) is 0 Å². The van der Waals surface area contributed by atoms with Gasteiger partial charge >= 0.3 is 31.1 Å². The van der Waals surface area contributed by atoms with Crippen LogP contribution in [-0.2, 0) is 4.74 Å². The average molecular weight is 617 g/mol. The fraction of sp³-hybridized carbons (Fsp3) is 0.478. The zero-order valence-electron chi connectivity index (χ0n) is 17.3. The van der Waals surface area contributed by atoms with Crippen molar-refractivity contribution in [2.75, 3.05) is 29.9 Å². The van der Waals surface area contributed by atoms with Crippen LogP contribution in [-0.4, -0.2) is 35.8 Å². The van der Waals surface area contributed by atoms with Crippen molar-refractivity contribution in [1.82, 2.24) is 9.97 Å². The van der Waals surface area contributed by atoms with Gasteiger partial charge in [0.05, 0.1) is 12.7 Å². The average Bonchev–Trinajstić information content (AvgIpc) is 2.72. The number of hydrogen-bond acceptors (Lipinski definition) is 5. The summed E-state index contributed by atoms with van der Waals surface area (Å²) in [6.07, 6.45) is 6.89. The van der Waals surface area contributed by atoms with Crippen molar-refractivity contribution < 1.29 is 35.9 Å². The molecule has 4 rings (SSSR count). The Balaban J connectivity index is 0.00000240. The molecule has 29 heavy (non-hydrogen) atoms. The molecular formula is C23H30N4OU. The molecule has 1 N–H and O–H groups in total. The molecule has 5 nitrogen and oxygen atoms in total. The van der Waals surface area contributed by atoms with Crippen molar-refractivity contribution in [3.63, 3.8) is 0 Å². The van der Waals surface area contributed by atoms with Gasteiger partial charge in [0.25, 0.3) is 0 Å². The molecule has 2 heterocycles. The molecule has 1 atom stereocenters. The molecule has 1 aliphatic heterocycles. The van der Waals surface area contributed by atoms with Gasteiger partial charge in [0.15, 0.2) is 5.95 Å². The Morgan fingerprint density at radius 3 is 2.48 bits per heavy atom. The third-order valence-corrected chi connectivity index (χ3v) is 5.85. The summed E-state index contributed by atoms with van der Waals surface area (Å²) in [5.74, 6) is 2.13. The van der Waals surface area contributed by atoms with Crippen molar-refractivity contribution in [2.45, 2.75) is 51.0 Å². The molecule has 1 aromatic carbocycles. The number of nitrogens with one attached hydrogen (secondary N) is 1. The number of hydrogen-bond donors (Lipinski definition) is 1. The van der Waals surface area contributed by atoms with Crippen LogP contribution in [0.15, 0.2) is 24.3 Å². The van der Waals surface area contributed by atoms with Crippen molar-refractivity contribution >= 4 is 17.5 Å². The van der Waals surface area contributed by atoms with Gasteiger partial charge in [-0.1, -0.05) is 37.2 Å². The predicted molar refractivity (Wildman–Crippen MR) is 114 cm³/mol. The van der Waals surface area contributed by atoms with E-state index in [0.29, 0.717) is 24.2 Å². The van der Waals surface area contributed by atoms with Gasteiger partial charge in [-0.25, -0.2) is 5.69 Å². The molecule has 2 aliphatic rings. The van der Waals surface area contributed by atoms with Gasteiger partial charge in [0, 0.05) is 18.8 Å². The van der Waals surface area contributed by atoms with E-state index in [2.05, 4.69) is 60.2 Å². The van der Waals surface area contributed by atoms with Crippen LogP contribution in [0.1, 0.15) is 61.8 Å². The summed E-state index contributed by atoms with van der Waals surface area (Å²) in [4.78, 5) is 11.5. The van der Waals surface area contributed by atoms with Crippen LogP contribution < -0.4 is 10.2 Å². The maximum absolute atomic E-state index is 5.63. The van der Waals surface area contributed by atoms with Gasteiger partial charge in [0.1, 0.15) is 0 Å². The summed E-state index contributed by atoms with van der Waals surface area (Å²) in [6, 6.07) is 8.78. The van der Waals surface area contributed by atoms with E-state index in [1.54, 1.807) is 0 Å². The fourth-order valence-corrected chi connectivity index (χ4v) is 4.17. The fourth-order valence-electron chi connectivity index (χ4n) is 4.17. The Kier molecular flexibility index (Phi) is 7.79. The maximum Gasteiger partial charge on any atom is 2.00 e. The van der Waals surface area contributed by atoms with Crippen LogP contribution in [0.4, 0.5) is 17.5 Å². The standard InChI is InChI=1S/C23H30N4O.U/c1-16-15-27(13-14-28-16)23-24-18(3)17(2)22(26-23)25-21-11-9-20(10-12-21)19-7-5-4-6-8-19;/h9-12,16,19H,2-8,13-15H2,1H3,(H,24,25,26);/q-2;+2.